The zero-order valence-electron chi connectivity index (χ0n) is 12.2. The normalized spacial score (nSPS) is 19.4. The monoisotopic (exact) mass is 312 g/mol. The second-order valence-corrected chi connectivity index (χ2v) is 5.07. The third-order valence-corrected chi connectivity index (χ3v) is 3.42. The van der Waals surface area contributed by atoms with E-state index in [1.54, 1.807) is 6.92 Å². The van der Waals surface area contributed by atoms with Gasteiger partial charge in [-0.15, -0.1) is 0 Å². The molecule has 1 saturated carbocycles. The van der Waals surface area contributed by atoms with E-state index in [-0.39, 0.29) is 30.7 Å². The lowest BCUT2D eigenvalue weighted by Crippen LogP contribution is -2.37. The molecule has 1 aliphatic carbocycles. The van der Waals surface area contributed by atoms with Crippen LogP contribution in [0.15, 0.2) is 18.2 Å². The van der Waals surface area contributed by atoms with Crippen molar-refractivity contribution < 1.29 is 23.1 Å². The Balaban J connectivity index is 1.74. The van der Waals surface area contributed by atoms with Crippen molar-refractivity contribution >= 4 is 12.0 Å². The summed E-state index contributed by atoms with van der Waals surface area (Å²) in [5.41, 5.74) is 0.211. The Morgan fingerprint density at radius 3 is 2.82 bits per heavy atom. The van der Waals surface area contributed by atoms with Crippen LogP contribution in [0.2, 0.25) is 0 Å². The fourth-order valence-electron chi connectivity index (χ4n) is 2.24. The Hall–Kier alpha value is -2.18. The van der Waals surface area contributed by atoms with E-state index in [4.69, 9.17) is 4.74 Å². The van der Waals surface area contributed by atoms with Gasteiger partial charge in [-0.1, -0.05) is 0 Å². The van der Waals surface area contributed by atoms with Gasteiger partial charge in [-0.2, -0.15) is 0 Å². The lowest BCUT2D eigenvalue weighted by molar-refractivity contribution is -0.145. The second kappa shape index (κ2) is 7.20. The van der Waals surface area contributed by atoms with E-state index in [0.29, 0.717) is 13.0 Å². The van der Waals surface area contributed by atoms with E-state index in [1.165, 1.54) is 0 Å². The summed E-state index contributed by atoms with van der Waals surface area (Å²) in [4.78, 5) is 22.9. The number of urea groups is 1. The third kappa shape index (κ3) is 4.16. The molecular weight excluding hydrogens is 294 g/mol. The topological polar surface area (TPSA) is 67.4 Å². The summed E-state index contributed by atoms with van der Waals surface area (Å²) < 4.78 is 31.7. The molecular formula is C15H18F2N2O3. The van der Waals surface area contributed by atoms with Crippen LogP contribution in [-0.2, 0) is 9.53 Å². The molecule has 2 N–H and O–H groups in total. The van der Waals surface area contributed by atoms with Crippen LogP contribution in [-0.4, -0.2) is 31.7 Å². The minimum absolute atomic E-state index is 0.0464. The molecule has 0 bridgehead atoms. The average molecular weight is 312 g/mol. The van der Waals surface area contributed by atoms with Crippen LogP contribution in [0, 0.1) is 17.6 Å². The van der Waals surface area contributed by atoms with Gasteiger partial charge in [-0.3, -0.25) is 4.79 Å². The fraction of sp³-hybridized carbons (Fsp3) is 0.467. The van der Waals surface area contributed by atoms with Gasteiger partial charge in [-0.05, 0) is 37.1 Å². The summed E-state index contributed by atoms with van der Waals surface area (Å²) in [6.07, 6.45) is 0.447. The molecule has 22 heavy (non-hydrogen) atoms. The van der Waals surface area contributed by atoms with Gasteiger partial charge in [0.05, 0.1) is 12.5 Å². The average Bonchev–Trinajstić information content (AvgIpc) is 3.26. The number of hydrogen-bond acceptors (Lipinski definition) is 3. The van der Waals surface area contributed by atoms with Gasteiger partial charge in [0.25, 0.3) is 0 Å². The molecule has 2 amide bonds. The highest BCUT2D eigenvalue weighted by molar-refractivity contribution is 5.77. The van der Waals surface area contributed by atoms with Crippen LogP contribution < -0.4 is 10.6 Å². The molecule has 1 fully saturated rings. The summed E-state index contributed by atoms with van der Waals surface area (Å²) >= 11 is 0. The van der Waals surface area contributed by atoms with Crippen molar-refractivity contribution in [3.63, 3.8) is 0 Å². The molecule has 2 atom stereocenters. The number of hydrogen-bond donors (Lipinski definition) is 2. The predicted molar refractivity (Wildman–Crippen MR) is 75.2 cm³/mol. The fourth-order valence-corrected chi connectivity index (χ4v) is 2.24. The number of carbonyl (C=O) groups excluding carboxylic acids is 2. The summed E-state index contributed by atoms with van der Waals surface area (Å²) in [5.74, 6) is -2.27. The Morgan fingerprint density at radius 2 is 2.09 bits per heavy atom. The van der Waals surface area contributed by atoms with Crippen LogP contribution in [0.4, 0.5) is 13.6 Å². The molecule has 0 heterocycles. The highest BCUT2D eigenvalue weighted by atomic mass is 19.1. The maximum atomic E-state index is 13.6. The highest BCUT2D eigenvalue weighted by Crippen LogP contribution is 2.49. The Labute approximate surface area is 127 Å². The number of benzene rings is 1. The number of nitrogens with one attached hydrogen (secondary N) is 2. The van der Waals surface area contributed by atoms with Gasteiger partial charge in [0, 0.05) is 12.5 Å². The molecule has 0 saturated heterocycles. The summed E-state index contributed by atoms with van der Waals surface area (Å²) in [6.45, 7) is 2.54. The second-order valence-electron chi connectivity index (χ2n) is 5.07. The number of carbonyl (C=O) groups is 2. The maximum absolute atomic E-state index is 13.6. The van der Waals surface area contributed by atoms with E-state index in [0.717, 1.165) is 18.2 Å². The van der Waals surface area contributed by atoms with Gasteiger partial charge >= 0.3 is 12.0 Å². The smallest absolute Gasteiger partial charge is 0.314 e. The van der Waals surface area contributed by atoms with Crippen molar-refractivity contribution in [1.82, 2.24) is 10.6 Å². The molecule has 120 valence electrons. The van der Waals surface area contributed by atoms with Crippen molar-refractivity contribution in [2.24, 2.45) is 5.92 Å². The number of halogens is 2. The maximum Gasteiger partial charge on any atom is 0.314 e. The van der Waals surface area contributed by atoms with Gasteiger partial charge in [0.2, 0.25) is 0 Å². The highest BCUT2D eigenvalue weighted by Gasteiger charge is 2.46. The van der Waals surface area contributed by atoms with Gasteiger partial charge in [0.1, 0.15) is 18.2 Å². The summed E-state index contributed by atoms with van der Waals surface area (Å²) in [6, 6.07) is 2.89. The van der Waals surface area contributed by atoms with Crippen LogP contribution in [0.3, 0.4) is 0 Å². The van der Waals surface area contributed by atoms with Crippen LogP contribution in [0.1, 0.15) is 24.8 Å². The third-order valence-electron chi connectivity index (χ3n) is 3.42. The molecule has 7 heteroatoms. The lowest BCUT2D eigenvalue weighted by atomic mass is 10.1. The van der Waals surface area contributed by atoms with Gasteiger partial charge < -0.3 is 15.4 Å². The first-order chi connectivity index (χ1) is 10.5. The van der Waals surface area contributed by atoms with E-state index >= 15 is 0 Å². The van der Waals surface area contributed by atoms with Gasteiger partial charge in [-0.25, -0.2) is 13.6 Å². The largest absolute Gasteiger partial charge is 0.464 e. The van der Waals surface area contributed by atoms with E-state index in [1.807, 2.05) is 0 Å². The van der Waals surface area contributed by atoms with Crippen molar-refractivity contribution in [2.75, 3.05) is 19.7 Å². The quantitative estimate of drug-likeness (QED) is 0.623. The molecule has 0 aromatic heterocycles. The minimum Gasteiger partial charge on any atom is -0.464 e. The molecule has 0 spiro atoms. The first kappa shape index (κ1) is 16.2. The molecule has 1 aromatic rings. The molecule has 2 rings (SSSR count). The molecule has 1 aromatic carbocycles. The SMILES string of the molecule is CCNC(=O)NCCOC(=O)[C@H]1C[C@H]1c1cc(F)ccc1F. The van der Waals surface area contributed by atoms with Crippen LogP contribution in [0.25, 0.3) is 0 Å². The van der Waals surface area contributed by atoms with Crippen LogP contribution >= 0.6 is 0 Å². The minimum atomic E-state index is -0.526. The van der Waals surface area contributed by atoms with Crippen molar-refractivity contribution in [3.05, 3.63) is 35.4 Å². The Morgan fingerprint density at radius 1 is 1.32 bits per heavy atom. The zero-order chi connectivity index (χ0) is 16.1. The number of ether oxygens (including phenoxy) is 1. The molecule has 0 radical (unpaired) electrons. The first-order valence-corrected chi connectivity index (χ1v) is 7.16. The predicted octanol–water partition coefficient (Wildman–Crippen LogP) is 1.93. The van der Waals surface area contributed by atoms with E-state index < -0.39 is 23.5 Å². The zero-order valence-corrected chi connectivity index (χ0v) is 12.2. The van der Waals surface area contributed by atoms with E-state index in [9.17, 15) is 18.4 Å². The molecule has 0 unspecified atom stereocenters. The molecule has 1 aliphatic rings. The number of rotatable bonds is 6. The van der Waals surface area contributed by atoms with Crippen molar-refractivity contribution in [2.45, 2.75) is 19.3 Å². The first-order valence-electron chi connectivity index (χ1n) is 7.16. The Bertz CT molecular complexity index is 566. The summed E-state index contributed by atoms with van der Waals surface area (Å²) in [7, 11) is 0. The van der Waals surface area contributed by atoms with Crippen molar-refractivity contribution in [3.8, 4) is 0 Å². The van der Waals surface area contributed by atoms with Crippen molar-refractivity contribution in [1.29, 1.82) is 0 Å². The van der Waals surface area contributed by atoms with Crippen LogP contribution in [0.5, 0.6) is 0 Å². The van der Waals surface area contributed by atoms with Gasteiger partial charge in [0.15, 0.2) is 0 Å². The summed E-state index contributed by atoms with van der Waals surface area (Å²) in [5, 5.41) is 5.06. The number of amides is 2. The molecule has 5 nitrogen and oxygen atoms in total. The Kier molecular flexibility index (Phi) is 5.30. The van der Waals surface area contributed by atoms with E-state index in [2.05, 4.69) is 10.6 Å². The molecule has 0 aliphatic heterocycles. The standard InChI is InChI=1S/C15H18F2N2O3/c1-2-18-15(21)19-5-6-22-14(20)12-8-10(12)11-7-9(16)3-4-13(11)17/h3-4,7,10,12H,2,5-6,8H2,1H3,(H2,18,19,21)/t10-,12-/m0/s1. The lowest BCUT2D eigenvalue weighted by Gasteiger charge is -2.07. The number of esters is 1.